The van der Waals surface area contributed by atoms with Crippen molar-refractivity contribution in [2.75, 3.05) is 23.9 Å². The third kappa shape index (κ3) is 1.99. The summed E-state index contributed by atoms with van der Waals surface area (Å²) in [5, 5.41) is 0. The second-order valence-electron chi connectivity index (χ2n) is 5.83. The molecule has 114 valence electrons. The van der Waals surface area contributed by atoms with Crippen molar-refractivity contribution >= 4 is 22.9 Å². The van der Waals surface area contributed by atoms with E-state index in [4.69, 9.17) is 0 Å². The lowest BCUT2D eigenvalue weighted by Crippen LogP contribution is -2.31. The molecule has 4 nitrogen and oxygen atoms in total. The molecule has 0 saturated heterocycles. The predicted molar refractivity (Wildman–Crippen MR) is 93.4 cm³/mol. The van der Waals surface area contributed by atoms with Crippen LogP contribution in [-0.4, -0.2) is 19.1 Å². The molecular weight excluding hydrogens is 284 g/mol. The van der Waals surface area contributed by atoms with Gasteiger partial charge in [-0.15, -0.1) is 0 Å². The van der Waals surface area contributed by atoms with E-state index >= 15 is 0 Å². The zero-order chi connectivity index (χ0) is 16.0. The molecule has 0 spiro atoms. The van der Waals surface area contributed by atoms with Crippen LogP contribution in [0.25, 0.3) is 11.3 Å². The number of anilines is 4. The maximum atomic E-state index is 4.58. The second-order valence-corrected chi connectivity index (χ2v) is 5.83. The number of para-hydroxylation sites is 1. The first-order chi connectivity index (χ1) is 11.2. The van der Waals surface area contributed by atoms with Gasteiger partial charge in [-0.25, -0.2) is 9.55 Å². The van der Waals surface area contributed by atoms with Crippen LogP contribution in [0.1, 0.15) is 0 Å². The molecular formula is C19H19N4+. The van der Waals surface area contributed by atoms with Gasteiger partial charge in [0.1, 0.15) is 7.05 Å². The smallest absolute Gasteiger partial charge is 0.214 e. The average Bonchev–Trinajstić information content (AvgIpc) is 2.59. The summed E-state index contributed by atoms with van der Waals surface area (Å²) in [5.74, 6) is 0.980. The van der Waals surface area contributed by atoms with Gasteiger partial charge in [0.15, 0.2) is 12.0 Å². The molecule has 0 atom stereocenters. The molecule has 23 heavy (non-hydrogen) atoms. The van der Waals surface area contributed by atoms with E-state index in [1.807, 2.05) is 18.3 Å². The monoisotopic (exact) mass is 303 g/mol. The summed E-state index contributed by atoms with van der Waals surface area (Å²) < 4.78 is 2.15. The summed E-state index contributed by atoms with van der Waals surface area (Å²) in [6.45, 7) is 0. The molecule has 0 N–H and O–H groups in total. The molecule has 1 aliphatic heterocycles. The highest BCUT2D eigenvalue weighted by Gasteiger charge is 2.29. The number of aromatic nitrogens is 2. The van der Waals surface area contributed by atoms with Crippen LogP contribution >= 0.6 is 0 Å². The van der Waals surface area contributed by atoms with Gasteiger partial charge in [-0.2, -0.15) is 0 Å². The van der Waals surface area contributed by atoms with E-state index in [1.54, 1.807) is 0 Å². The molecule has 0 saturated carbocycles. The molecule has 1 aromatic carbocycles. The minimum atomic E-state index is 0.980. The molecule has 0 amide bonds. The Morgan fingerprint density at radius 1 is 0.870 bits per heavy atom. The number of nitrogens with zero attached hydrogens (tertiary/aromatic N) is 4. The largest absolute Gasteiger partial charge is 0.340 e. The standard InChI is InChI=1S/C19H19N4/c1-21-13-5-4-9-15(21)14-8-6-10-16-18(14)23(3)19-17(22(16)2)11-7-12-20-19/h4-13H,1-3H3/q+1. The van der Waals surface area contributed by atoms with Crippen LogP contribution in [0.4, 0.5) is 22.9 Å². The third-order valence-electron chi connectivity index (χ3n) is 4.49. The topological polar surface area (TPSA) is 23.3 Å². The van der Waals surface area contributed by atoms with Crippen LogP contribution in [0.15, 0.2) is 60.9 Å². The second kappa shape index (κ2) is 5.09. The molecule has 2 aromatic heterocycles. The van der Waals surface area contributed by atoms with Gasteiger partial charge in [0, 0.05) is 32.4 Å². The predicted octanol–water partition coefficient (Wildman–Crippen LogP) is 3.42. The zero-order valence-electron chi connectivity index (χ0n) is 13.6. The number of benzene rings is 1. The van der Waals surface area contributed by atoms with Crippen LogP contribution in [-0.2, 0) is 7.05 Å². The van der Waals surface area contributed by atoms with Gasteiger partial charge in [0.25, 0.3) is 0 Å². The van der Waals surface area contributed by atoms with Crippen LogP contribution < -0.4 is 14.4 Å². The molecule has 0 aliphatic carbocycles. The highest BCUT2D eigenvalue weighted by molar-refractivity contribution is 5.97. The van der Waals surface area contributed by atoms with Gasteiger partial charge in [0.05, 0.1) is 22.6 Å². The quantitative estimate of drug-likeness (QED) is 0.644. The average molecular weight is 303 g/mol. The Kier molecular flexibility index (Phi) is 3.05. The van der Waals surface area contributed by atoms with Crippen molar-refractivity contribution in [3.63, 3.8) is 0 Å². The van der Waals surface area contributed by atoms with Crippen LogP contribution in [0.5, 0.6) is 0 Å². The number of pyridine rings is 2. The Bertz CT molecular complexity index is 888. The highest BCUT2D eigenvalue weighted by Crippen LogP contribution is 2.48. The van der Waals surface area contributed by atoms with Crippen molar-refractivity contribution in [3.05, 3.63) is 60.9 Å². The van der Waals surface area contributed by atoms with Crippen molar-refractivity contribution in [2.45, 2.75) is 0 Å². The Morgan fingerprint density at radius 2 is 1.70 bits per heavy atom. The van der Waals surface area contributed by atoms with Crippen LogP contribution in [0, 0.1) is 0 Å². The summed E-state index contributed by atoms with van der Waals surface area (Å²) in [4.78, 5) is 8.98. The fourth-order valence-corrected chi connectivity index (χ4v) is 3.31. The molecule has 1 aliphatic rings. The summed E-state index contributed by atoms with van der Waals surface area (Å²) in [6.07, 6.45) is 3.92. The molecule has 4 rings (SSSR count). The molecule has 0 unspecified atom stereocenters. The first kappa shape index (κ1) is 13.8. The fraction of sp³-hybridized carbons (Fsp3) is 0.158. The van der Waals surface area contributed by atoms with Gasteiger partial charge in [-0.3, -0.25) is 0 Å². The van der Waals surface area contributed by atoms with Crippen LogP contribution in [0.2, 0.25) is 0 Å². The van der Waals surface area contributed by atoms with Gasteiger partial charge < -0.3 is 9.80 Å². The Balaban J connectivity index is 1.99. The molecule has 0 radical (unpaired) electrons. The van der Waals surface area contributed by atoms with Gasteiger partial charge >= 0.3 is 0 Å². The van der Waals surface area contributed by atoms with E-state index in [0.29, 0.717) is 0 Å². The van der Waals surface area contributed by atoms with E-state index < -0.39 is 0 Å². The maximum absolute atomic E-state index is 4.58. The van der Waals surface area contributed by atoms with E-state index in [2.05, 4.69) is 83.1 Å². The minimum absolute atomic E-state index is 0.980. The van der Waals surface area contributed by atoms with E-state index in [-0.39, 0.29) is 0 Å². The lowest BCUT2D eigenvalue weighted by Gasteiger charge is -2.36. The number of rotatable bonds is 1. The van der Waals surface area contributed by atoms with Crippen molar-refractivity contribution in [2.24, 2.45) is 7.05 Å². The number of fused-ring (bicyclic) bond motifs is 2. The van der Waals surface area contributed by atoms with E-state index in [0.717, 1.165) is 11.5 Å². The fourth-order valence-electron chi connectivity index (χ4n) is 3.31. The van der Waals surface area contributed by atoms with E-state index in [1.165, 1.54) is 22.6 Å². The summed E-state index contributed by atoms with van der Waals surface area (Å²) in [5.41, 5.74) is 5.88. The Hall–Kier alpha value is -2.88. The third-order valence-corrected chi connectivity index (χ3v) is 4.49. The summed E-state index contributed by atoms with van der Waals surface area (Å²) in [6, 6.07) is 16.8. The molecule has 0 fully saturated rings. The van der Waals surface area contributed by atoms with Gasteiger partial charge in [-0.1, -0.05) is 6.07 Å². The molecule has 3 aromatic rings. The Labute approximate surface area is 136 Å². The normalized spacial score (nSPS) is 12.8. The van der Waals surface area contributed by atoms with Crippen LogP contribution in [0.3, 0.4) is 0 Å². The SMILES string of the molecule is CN1c2cccnc2N(C)c2c(-c3cccc[n+]3C)cccc21. The van der Waals surface area contributed by atoms with Crippen molar-refractivity contribution < 1.29 is 4.57 Å². The Morgan fingerprint density at radius 3 is 2.52 bits per heavy atom. The number of hydrogen-bond donors (Lipinski definition) is 0. The lowest BCUT2D eigenvalue weighted by molar-refractivity contribution is -0.660. The lowest BCUT2D eigenvalue weighted by atomic mass is 10.0. The molecule has 0 bridgehead atoms. The van der Waals surface area contributed by atoms with Crippen molar-refractivity contribution in [3.8, 4) is 11.3 Å². The minimum Gasteiger partial charge on any atom is -0.340 e. The van der Waals surface area contributed by atoms with E-state index in [9.17, 15) is 0 Å². The maximum Gasteiger partial charge on any atom is 0.214 e. The molecule has 3 heterocycles. The van der Waals surface area contributed by atoms with Gasteiger partial charge in [-0.05, 0) is 30.3 Å². The van der Waals surface area contributed by atoms with Crippen molar-refractivity contribution in [1.82, 2.24) is 4.98 Å². The first-order valence-corrected chi connectivity index (χ1v) is 7.69. The number of hydrogen-bond acceptors (Lipinski definition) is 3. The summed E-state index contributed by atoms with van der Waals surface area (Å²) >= 11 is 0. The van der Waals surface area contributed by atoms with Gasteiger partial charge in [0.2, 0.25) is 5.69 Å². The highest BCUT2D eigenvalue weighted by atomic mass is 15.3. The van der Waals surface area contributed by atoms with Crippen molar-refractivity contribution in [1.29, 1.82) is 0 Å². The zero-order valence-corrected chi connectivity index (χ0v) is 13.6. The number of aryl methyl sites for hydroxylation is 1. The summed E-state index contributed by atoms with van der Waals surface area (Å²) in [7, 11) is 6.26. The first-order valence-electron chi connectivity index (χ1n) is 7.69. The molecule has 4 heteroatoms.